The van der Waals surface area contributed by atoms with Gasteiger partial charge in [-0.25, -0.2) is 0 Å². The number of nitrogens with two attached hydrogens (primary N) is 1. The molecule has 0 spiro atoms. The predicted molar refractivity (Wildman–Crippen MR) is 67.2 cm³/mol. The van der Waals surface area contributed by atoms with Gasteiger partial charge in [0.15, 0.2) is 0 Å². The normalized spacial score (nSPS) is 10.8. The molecule has 7 nitrogen and oxygen atoms in total. The molecule has 0 aromatic carbocycles. The summed E-state index contributed by atoms with van der Waals surface area (Å²) in [6.07, 6.45) is 0.673. The van der Waals surface area contributed by atoms with Gasteiger partial charge in [0.25, 0.3) is 0 Å². The van der Waals surface area contributed by atoms with Gasteiger partial charge >= 0.3 is 11.9 Å². The van der Waals surface area contributed by atoms with E-state index in [1.165, 1.54) is 6.92 Å². The second-order valence-electron chi connectivity index (χ2n) is 3.26. The van der Waals surface area contributed by atoms with Crippen molar-refractivity contribution in [2.45, 2.75) is 26.7 Å². The van der Waals surface area contributed by atoms with Crippen LogP contribution in [-0.4, -0.2) is 46.8 Å². The van der Waals surface area contributed by atoms with Crippen LogP contribution in [0.15, 0.2) is 0 Å². The highest BCUT2D eigenvalue weighted by Crippen LogP contribution is 2.31. The van der Waals surface area contributed by atoms with Crippen LogP contribution in [0, 0.1) is 0 Å². The van der Waals surface area contributed by atoms with Crippen LogP contribution >= 0.6 is 8.15 Å². The fourth-order valence-corrected chi connectivity index (χ4v) is 1.90. The maximum atomic E-state index is 10.8. The Morgan fingerprint density at radius 2 is 1.67 bits per heavy atom. The fraction of sp³-hybridized carbons (Fsp3) is 0.700. The van der Waals surface area contributed by atoms with E-state index in [-0.39, 0.29) is 30.9 Å². The summed E-state index contributed by atoms with van der Waals surface area (Å²) in [4.78, 5) is 39.5. The minimum Gasteiger partial charge on any atom is -0.481 e. The van der Waals surface area contributed by atoms with Gasteiger partial charge in [0.1, 0.15) is 0 Å². The number of primary amides is 1. The minimum atomic E-state index is -1.34. The quantitative estimate of drug-likeness (QED) is 0.455. The van der Waals surface area contributed by atoms with Crippen LogP contribution in [0.4, 0.5) is 0 Å². The molecule has 1 unspecified atom stereocenters. The molecular weight excluding hydrogens is 261 g/mol. The Morgan fingerprint density at radius 1 is 1.22 bits per heavy atom. The molecule has 18 heavy (non-hydrogen) atoms. The standard InChI is InChI=1S/C8H15O5P.C2H5NO/c1-2-13-8(11)4-6-14(12)5-3-7(9)10;1-2(3)4/h12H,2-6H2,1H3,(H,9,10);1H3,(H2,3,4). The molecule has 0 fully saturated rings. The molecule has 0 aromatic heterocycles. The van der Waals surface area contributed by atoms with Gasteiger partial charge in [0.05, 0.1) is 19.4 Å². The summed E-state index contributed by atoms with van der Waals surface area (Å²) < 4.78 is 4.66. The largest absolute Gasteiger partial charge is 0.481 e. The molecule has 1 amide bonds. The smallest absolute Gasteiger partial charge is 0.306 e. The van der Waals surface area contributed by atoms with Gasteiger partial charge in [0.2, 0.25) is 5.91 Å². The third-order valence-corrected chi connectivity index (χ3v) is 2.94. The SMILES string of the molecule is CC(N)=O.CCOC(=O)CCP(O)CCC(=O)O. The molecule has 4 N–H and O–H groups in total. The molecule has 0 heterocycles. The van der Waals surface area contributed by atoms with E-state index in [0.29, 0.717) is 12.8 Å². The fourth-order valence-electron chi connectivity index (χ4n) is 0.790. The van der Waals surface area contributed by atoms with Gasteiger partial charge in [-0.3, -0.25) is 14.4 Å². The van der Waals surface area contributed by atoms with Gasteiger partial charge in [-0.1, -0.05) is 0 Å². The number of rotatable bonds is 7. The maximum absolute atomic E-state index is 10.8. The maximum Gasteiger partial charge on any atom is 0.306 e. The van der Waals surface area contributed by atoms with Crippen molar-refractivity contribution in [1.82, 2.24) is 0 Å². The Kier molecular flexibility index (Phi) is 13.0. The number of esters is 1. The van der Waals surface area contributed by atoms with Crippen LogP contribution in [0.3, 0.4) is 0 Å². The van der Waals surface area contributed by atoms with Gasteiger partial charge in [-0.15, -0.1) is 0 Å². The summed E-state index contributed by atoms with van der Waals surface area (Å²) >= 11 is 0. The lowest BCUT2D eigenvalue weighted by molar-refractivity contribution is -0.142. The molecule has 8 heteroatoms. The van der Waals surface area contributed by atoms with Crippen LogP contribution < -0.4 is 5.73 Å². The van der Waals surface area contributed by atoms with Crippen LogP contribution in [0.1, 0.15) is 26.7 Å². The second kappa shape index (κ2) is 12.3. The molecule has 1 atom stereocenters. The highest BCUT2D eigenvalue weighted by atomic mass is 31.1. The Bertz CT molecular complexity index is 267. The molecule has 0 saturated heterocycles. The zero-order chi connectivity index (χ0) is 14.6. The molecule has 0 radical (unpaired) electrons. The number of ether oxygens (including phenoxy) is 1. The van der Waals surface area contributed by atoms with Crippen molar-refractivity contribution in [3.8, 4) is 0 Å². The summed E-state index contributed by atoms with van der Waals surface area (Å²) in [5.41, 5.74) is 4.47. The van der Waals surface area contributed by atoms with Crippen molar-refractivity contribution in [2.24, 2.45) is 5.73 Å². The number of carboxylic acids is 1. The molecule has 0 aliphatic heterocycles. The Balaban J connectivity index is 0. The van der Waals surface area contributed by atoms with E-state index < -0.39 is 14.1 Å². The van der Waals surface area contributed by atoms with Crippen LogP contribution in [0.5, 0.6) is 0 Å². The molecule has 106 valence electrons. The topological polar surface area (TPSA) is 127 Å². The number of amides is 1. The zero-order valence-corrected chi connectivity index (χ0v) is 11.5. The molecule has 0 saturated carbocycles. The van der Waals surface area contributed by atoms with E-state index >= 15 is 0 Å². The number of carbonyl (C=O) groups is 3. The molecule has 0 aliphatic carbocycles. The Morgan fingerprint density at radius 3 is 2.06 bits per heavy atom. The number of carbonyl (C=O) groups excluding carboxylic acids is 2. The molecule has 0 rings (SSSR count). The van der Waals surface area contributed by atoms with Crippen molar-refractivity contribution in [3.63, 3.8) is 0 Å². The molecule has 0 aliphatic rings. The average molecular weight is 281 g/mol. The lowest BCUT2D eigenvalue weighted by atomic mass is 10.5. The van der Waals surface area contributed by atoms with E-state index in [1.807, 2.05) is 0 Å². The van der Waals surface area contributed by atoms with Crippen molar-refractivity contribution >= 4 is 26.0 Å². The zero-order valence-electron chi connectivity index (χ0n) is 10.6. The Hall–Kier alpha value is -1.20. The van der Waals surface area contributed by atoms with Gasteiger partial charge < -0.3 is 20.5 Å². The predicted octanol–water partition coefficient (Wildman–Crippen LogP) is 0.295. The first-order valence-corrected chi connectivity index (χ1v) is 7.03. The summed E-state index contributed by atoms with van der Waals surface area (Å²) in [6.45, 7) is 3.35. The van der Waals surface area contributed by atoms with E-state index in [9.17, 15) is 19.3 Å². The number of aliphatic carboxylic acids is 1. The lowest BCUT2D eigenvalue weighted by Gasteiger charge is -2.07. The number of carboxylic acid groups (broad SMARTS) is 1. The van der Waals surface area contributed by atoms with Crippen molar-refractivity contribution in [3.05, 3.63) is 0 Å². The van der Waals surface area contributed by atoms with Crippen molar-refractivity contribution in [2.75, 3.05) is 18.9 Å². The first-order valence-electron chi connectivity index (χ1n) is 5.36. The van der Waals surface area contributed by atoms with Gasteiger partial charge in [-0.2, -0.15) is 0 Å². The second-order valence-corrected chi connectivity index (χ2v) is 5.17. The van der Waals surface area contributed by atoms with Crippen molar-refractivity contribution in [1.29, 1.82) is 0 Å². The number of hydrogen-bond acceptors (Lipinski definition) is 5. The van der Waals surface area contributed by atoms with Crippen LogP contribution in [-0.2, 0) is 19.1 Å². The minimum absolute atomic E-state index is 0.0506. The van der Waals surface area contributed by atoms with Crippen LogP contribution in [0.25, 0.3) is 0 Å². The third kappa shape index (κ3) is 20.2. The summed E-state index contributed by atoms with van der Waals surface area (Å²) in [5.74, 6) is -1.60. The van der Waals surface area contributed by atoms with E-state index in [0.717, 1.165) is 0 Å². The highest BCUT2D eigenvalue weighted by Gasteiger charge is 2.10. The highest BCUT2D eigenvalue weighted by molar-refractivity contribution is 7.51. The third-order valence-electron chi connectivity index (χ3n) is 1.46. The average Bonchev–Trinajstić information content (AvgIpc) is 2.23. The van der Waals surface area contributed by atoms with Crippen molar-refractivity contribution < 1.29 is 29.1 Å². The first kappa shape index (κ1) is 19.1. The van der Waals surface area contributed by atoms with Crippen LogP contribution in [0.2, 0.25) is 0 Å². The first-order chi connectivity index (χ1) is 8.29. The van der Waals surface area contributed by atoms with E-state index in [2.05, 4.69) is 10.5 Å². The van der Waals surface area contributed by atoms with E-state index in [1.54, 1.807) is 6.92 Å². The molecule has 0 aromatic rings. The lowest BCUT2D eigenvalue weighted by Crippen LogP contribution is -2.07. The summed E-state index contributed by atoms with van der Waals surface area (Å²) in [7, 11) is -1.34. The summed E-state index contributed by atoms with van der Waals surface area (Å²) in [5, 5.41) is 8.33. The summed E-state index contributed by atoms with van der Waals surface area (Å²) in [6, 6.07) is 0. The Labute approximate surface area is 107 Å². The van der Waals surface area contributed by atoms with Gasteiger partial charge in [0, 0.05) is 27.4 Å². The molecule has 0 bridgehead atoms. The number of hydrogen-bond donors (Lipinski definition) is 3. The van der Waals surface area contributed by atoms with E-state index in [4.69, 9.17) is 5.11 Å². The monoisotopic (exact) mass is 281 g/mol. The molecular formula is C10H20NO6P. The van der Waals surface area contributed by atoms with Gasteiger partial charge in [-0.05, 0) is 6.92 Å².